The van der Waals surface area contributed by atoms with Gasteiger partial charge in [0.15, 0.2) is 0 Å². The first-order valence-corrected chi connectivity index (χ1v) is 7.61. The molecular weight excluding hydrogens is 262 g/mol. The molecule has 1 unspecified atom stereocenters. The first-order chi connectivity index (χ1) is 10.2. The summed E-state index contributed by atoms with van der Waals surface area (Å²) < 4.78 is 8.14. The van der Waals surface area contributed by atoms with Gasteiger partial charge in [-0.3, -0.25) is 0 Å². The van der Waals surface area contributed by atoms with E-state index in [2.05, 4.69) is 60.8 Å². The van der Waals surface area contributed by atoms with Crippen molar-refractivity contribution in [2.24, 2.45) is 0 Å². The van der Waals surface area contributed by atoms with Crippen LogP contribution in [0.25, 0.3) is 0 Å². The van der Waals surface area contributed by atoms with Gasteiger partial charge in [-0.15, -0.1) is 0 Å². The fraction of sp³-hybridized carbons (Fsp3) is 0.471. The van der Waals surface area contributed by atoms with E-state index >= 15 is 0 Å². The van der Waals surface area contributed by atoms with E-state index in [1.807, 2.05) is 12.5 Å². The van der Waals surface area contributed by atoms with Crippen LogP contribution in [0.2, 0.25) is 0 Å². The molecule has 1 aromatic heterocycles. The summed E-state index contributed by atoms with van der Waals surface area (Å²) in [6.07, 6.45) is 3.71. The molecule has 2 aromatic rings. The van der Waals surface area contributed by atoms with E-state index in [1.165, 1.54) is 11.1 Å². The van der Waals surface area contributed by atoms with Crippen LogP contribution >= 0.6 is 0 Å². The van der Waals surface area contributed by atoms with E-state index in [0.29, 0.717) is 6.61 Å². The maximum absolute atomic E-state index is 6.05. The van der Waals surface area contributed by atoms with Crippen LogP contribution in [-0.2, 0) is 13.2 Å². The van der Waals surface area contributed by atoms with Crippen molar-refractivity contribution >= 4 is 0 Å². The van der Waals surface area contributed by atoms with Crippen LogP contribution < -0.4 is 10.1 Å². The molecule has 0 aliphatic heterocycles. The fourth-order valence-corrected chi connectivity index (χ4v) is 2.46. The number of hydrogen-bond acceptors (Lipinski definition) is 3. The van der Waals surface area contributed by atoms with E-state index < -0.39 is 0 Å². The van der Waals surface area contributed by atoms with Crippen molar-refractivity contribution in [3.8, 4) is 5.75 Å². The van der Waals surface area contributed by atoms with Crippen LogP contribution in [0.1, 0.15) is 43.6 Å². The van der Waals surface area contributed by atoms with Crippen molar-refractivity contribution in [2.75, 3.05) is 6.54 Å². The Morgan fingerprint density at radius 3 is 2.86 bits per heavy atom. The van der Waals surface area contributed by atoms with Crippen molar-refractivity contribution in [1.29, 1.82) is 0 Å². The van der Waals surface area contributed by atoms with Crippen LogP contribution in [0, 0.1) is 6.92 Å². The molecule has 1 heterocycles. The van der Waals surface area contributed by atoms with Crippen LogP contribution in [0.3, 0.4) is 0 Å². The molecule has 0 saturated carbocycles. The van der Waals surface area contributed by atoms with E-state index in [0.717, 1.165) is 24.5 Å². The Morgan fingerprint density at radius 1 is 1.33 bits per heavy atom. The quantitative estimate of drug-likeness (QED) is 0.847. The third-order valence-corrected chi connectivity index (χ3v) is 3.66. The van der Waals surface area contributed by atoms with Crippen LogP contribution in [-0.4, -0.2) is 16.1 Å². The monoisotopic (exact) mass is 287 g/mol. The Labute approximate surface area is 127 Å². The van der Waals surface area contributed by atoms with Crippen molar-refractivity contribution < 1.29 is 4.74 Å². The summed E-state index contributed by atoms with van der Waals surface area (Å²) in [4.78, 5) is 4.18. The largest absolute Gasteiger partial charge is 0.487 e. The Kier molecular flexibility index (Phi) is 5.39. The second kappa shape index (κ2) is 7.27. The summed E-state index contributed by atoms with van der Waals surface area (Å²) in [5, 5.41) is 3.45. The van der Waals surface area contributed by atoms with Crippen LogP contribution in [0.15, 0.2) is 30.7 Å². The number of ether oxygens (including phenoxy) is 1. The van der Waals surface area contributed by atoms with Crippen LogP contribution in [0.4, 0.5) is 0 Å². The third kappa shape index (κ3) is 3.85. The molecule has 1 N–H and O–H groups in total. The number of hydrogen-bond donors (Lipinski definition) is 1. The first-order valence-electron chi connectivity index (χ1n) is 7.61. The molecule has 2 rings (SSSR count). The number of nitrogens with one attached hydrogen (secondary N) is 1. The molecular formula is C17H25N3O. The van der Waals surface area contributed by atoms with Gasteiger partial charge in [-0.05, 0) is 33.4 Å². The molecule has 1 atom stereocenters. The van der Waals surface area contributed by atoms with Gasteiger partial charge in [-0.25, -0.2) is 4.98 Å². The highest BCUT2D eigenvalue weighted by molar-refractivity contribution is 5.39. The number of aromatic nitrogens is 2. The van der Waals surface area contributed by atoms with E-state index in [1.54, 1.807) is 0 Å². The minimum absolute atomic E-state index is 0.279. The van der Waals surface area contributed by atoms with Crippen LogP contribution in [0.5, 0.6) is 5.75 Å². The van der Waals surface area contributed by atoms with E-state index in [-0.39, 0.29) is 6.04 Å². The Hall–Kier alpha value is -1.81. The van der Waals surface area contributed by atoms with Gasteiger partial charge in [0, 0.05) is 18.2 Å². The summed E-state index contributed by atoms with van der Waals surface area (Å²) >= 11 is 0. The summed E-state index contributed by atoms with van der Waals surface area (Å²) in [6, 6.07) is 6.63. The zero-order chi connectivity index (χ0) is 15.2. The fourth-order valence-electron chi connectivity index (χ4n) is 2.46. The number of benzene rings is 1. The predicted molar refractivity (Wildman–Crippen MR) is 85.5 cm³/mol. The van der Waals surface area contributed by atoms with Crippen molar-refractivity contribution in [2.45, 2.75) is 46.9 Å². The second-order valence-corrected chi connectivity index (χ2v) is 5.28. The molecule has 4 heteroatoms. The highest BCUT2D eigenvalue weighted by Gasteiger charge is 2.12. The lowest BCUT2D eigenvalue weighted by molar-refractivity contribution is 0.289. The molecule has 0 aliphatic carbocycles. The molecule has 21 heavy (non-hydrogen) atoms. The Balaban J connectivity index is 2.15. The lowest BCUT2D eigenvalue weighted by Crippen LogP contribution is -2.18. The van der Waals surface area contributed by atoms with Gasteiger partial charge < -0.3 is 14.6 Å². The number of imidazole rings is 1. The highest BCUT2D eigenvalue weighted by atomic mass is 16.5. The molecule has 0 aliphatic rings. The average Bonchev–Trinajstić information content (AvgIpc) is 2.93. The zero-order valence-corrected chi connectivity index (χ0v) is 13.4. The molecule has 0 fully saturated rings. The Morgan fingerprint density at radius 2 is 2.14 bits per heavy atom. The van der Waals surface area contributed by atoms with Gasteiger partial charge in [-0.1, -0.05) is 24.6 Å². The number of aryl methyl sites for hydroxylation is 2. The number of rotatable bonds is 7. The minimum Gasteiger partial charge on any atom is -0.487 e. The van der Waals surface area contributed by atoms with Crippen molar-refractivity contribution in [1.82, 2.24) is 14.9 Å². The average molecular weight is 287 g/mol. The smallest absolute Gasteiger partial charge is 0.130 e. The molecule has 0 saturated heterocycles. The molecule has 0 spiro atoms. The molecule has 0 amide bonds. The predicted octanol–water partition coefficient (Wildman–Crippen LogP) is 3.46. The van der Waals surface area contributed by atoms with E-state index in [9.17, 15) is 0 Å². The topological polar surface area (TPSA) is 39.1 Å². The van der Waals surface area contributed by atoms with Gasteiger partial charge in [-0.2, -0.15) is 0 Å². The maximum Gasteiger partial charge on any atom is 0.130 e. The summed E-state index contributed by atoms with van der Waals surface area (Å²) in [5.41, 5.74) is 3.56. The van der Waals surface area contributed by atoms with Gasteiger partial charge in [0.25, 0.3) is 0 Å². The molecule has 0 radical (unpaired) electrons. The van der Waals surface area contributed by atoms with Crippen molar-refractivity contribution in [3.63, 3.8) is 0 Å². The van der Waals surface area contributed by atoms with Gasteiger partial charge in [0.05, 0.1) is 18.2 Å². The van der Waals surface area contributed by atoms with Crippen molar-refractivity contribution in [3.05, 3.63) is 47.5 Å². The lowest BCUT2D eigenvalue weighted by Gasteiger charge is -2.18. The molecule has 4 nitrogen and oxygen atoms in total. The first kappa shape index (κ1) is 15.6. The molecule has 0 bridgehead atoms. The molecule has 114 valence electrons. The summed E-state index contributed by atoms with van der Waals surface area (Å²) in [7, 11) is 0. The summed E-state index contributed by atoms with van der Waals surface area (Å²) in [6.45, 7) is 10.9. The standard InChI is InChI=1S/C17H25N3O/c1-5-19-14(4)16-9-13(3)7-8-17(16)21-11-15-10-18-12-20(15)6-2/h7-10,12,14,19H,5-6,11H2,1-4H3. The minimum atomic E-state index is 0.279. The highest BCUT2D eigenvalue weighted by Crippen LogP contribution is 2.27. The van der Waals surface area contributed by atoms with Gasteiger partial charge in [0.1, 0.15) is 12.4 Å². The third-order valence-electron chi connectivity index (χ3n) is 3.66. The Bertz CT molecular complexity index is 577. The lowest BCUT2D eigenvalue weighted by atomic mass is 10.0. The van der Waals surface area contributed by atoms with Gasteiger partial charge in [0.2, 0.25) is 0 Å². The normalized spacial score (nSPS) is 12.4. The van der Waals surface area contributed by atoms with E-state index in [4.69, 9.17) is 4.74 Å². The second-order valence-electron chi connectivity index (χ2n) is 5.28. The number of nitrogens with zero attached hydrogens (tertiary/aromatic N) is 2. The SMILES string of the molecule is CCNC(C)c1cc(C)ccc1OCc1cncn1CC. The van der Waals surface area contributed by atoms with Gasteiger partial charge >= 0.3 is 0 Å². The maximum atomic E-state index is 6.05. The molecule has 1 aromatic carbocycles. The summed E-state index contributed by atoms with van der Waals surface area (Å²) in [5.74, 6) is 0.943. The zero-order valence-electron chi connectivity index (χ0n) is 13.4.